The molecular weight excluding hydrogens is 402 g/mol. The fourth-order valence-electron chi connectivity index (χ4n) is 2.55. The molecule has 2 unspecified atom stereocenters. The maximum Gasteiger partial charge on any atom is 0.134 e. The molecule has 5 heteroatoms. The van der Waals surface area contributed by atoms with Crippen molar-refractivity contribution in [2.24, 2.45) is 0 Å². The van der Waals surface area contributed by atoms with E-state index in [9.17, 15) is 5.11 Å². The Hall–Kier alpha value is -1.59. The number of furan rings is 1. The van der Waals surface area contributed by atoms with Gasteiger partial charge < -0.3 is 14.8 Å². The van der Waals surface area contributed by atoms with Gasteiger partial charge in [0.1, 0.15) is 11.5 Å². The highest BCUT2D eigenvalue weighted by Gasteiger charge is 2.16. The van der Waals surface area contributed by atoms with Crippen molar-refractivity contribution in [3.05, 3.63) is 82.5 Å². The second-order valence-electron chi connectivity index (χ2n) is 5.80. The summed E-state index contributed by atoms with van der Waals surface area (Å²) in [4.78, 5) is 0. The van der Waals surface area contributed by atoms with Gasteiger partial charge in [-0.3, -0.25) is 0 Å². The van der Waals surface area contributed by atoms with Crippen LogP contribution >= 0.6 is 28.3 Å². The average Bonchev–Trinajstić information content (AvgIpc) is 3.09. The van der Waals surface area contributed by atoms with E-state index in [1.807, 2.05) is 73.7 Å². The predicted octanol–water partition coefficient (Wildman–Crippen LogP) is 5.34. The average molecular weight is 423 g/mol. The van der Waals surface area contributed by atoms with Crippen LogP contribution in [0.4, 0.5) is 0 Å². The summed E-state index contributed by atoms with van der Waals surface area (Å²) in [5.41, 5.74) is 1.95. The molecule has 1 aromatic heterocycles. The lowest BCUT2D eigenvalue weighted by Gasteiger charge is -2.20. The van der Waals surface area contributed by atoms with Crippen LogP contribution in [0.3, 0.4) is 0 Å². The van der Waals surface area contributed by atoms with Crippen molar-refractivity contribution in [2.75, 3.05) is 0 Å². The molecular formula is C20H21BrClNO2. The van der Waals surface area contributed by atoms with E-state index in [-0.39, 0.29) is 18.4 Å². The van der Waals surface area contributed by atoms with Crippen LogP contribution in [0.5, 0.6) is 0 Å². The van der Waals surface area contributed by atoms with Gasteiger partial charge in [-0.25, -0.2) is 0 Å². The van der Waals surface area contributed by atoms with Gasteiger partial charge in [0.05, 0.1) is 12.6 Å². The third-order valence-electron chi connectivity index (χ3n) is 4.00. The zero-order chi connectivity index (χ0) is 16.9. The van der Waals surface area contributed by atoms with Gasteiger partial charge in [0.25, 0.3) is 0 Å². The van der Waals surface area contributed by atoms with Crippen LogP contribution in [0.1, 0.15) is 24.4 Å². The minimum Gasteiger partial charge on any atom is -0.460 e. The summed E-state index contributed by atoms with van der Waals surface area (Å²) in [6.07, 6.45) is -0.549. The highest BCUT2D eigenvalue weighted by atomic mass is 79.9. The van der Waals surface area contributed by atoms with Gasteiger partial charge in [-0.15, -0.1) is 12.4 Å². The lowest BCUT2D eigenvalue weighted by atomic mass is 10.0. The molecule has 0 aliphatic rings. The van der Waals surface area contributed by atoms with Crippen LogP contribution in [0, 0.1) is 0 Å². The fraction of sp³-hybridized carbons (Fsp3) is 0.200. The Kier molecular flexibility index (Phi) is 7.26. The molecule has 0 radical (unpaired) electrons. The van der Waals surface area contributed by atoms with E-state index in [0.29, 0.717) is 6.54 Å². The molecule has 2 atom stereocenters. The number of halogens is 2. The van der Waals surface area contributed by atoms with Gasteiger partial charge >= 0.3 is 0 Å². The Morgan fingerprint density at radius 3 is 2.36 bits per heavy atom. The molecule has 0 bridgehead atoms. The Morgan fingerprint density at radius 2 is 1.68 bits per heavy atom. The Bertz CT molecular complexity index is 774. The normalized spacial score (nSPS) is 13.1. The van der Waals surface area contributed by atoms with Gasteiger partial charge in [-0.2, -0.15) is 0 Å². The predicted molar refractivity (Wildman–Crippen MR) is 107 cm³/mol. The first-order valence-electron chi connectivity index (χ1n) is 7.94. The second-order valence-corrected chi connectivity index (χ2v) is 6.71. The highest BCUT2D eigenvalue weighted by Crippen LogP contribution is 2.24. The number of aliphatic hydroxyl groups excluding tert-OH is 1. The second kappa shape index (κ2) is 9.20. The van der Waals surface area contributed by atoms with Gasteiger partial charge in [0.2, 0.25) is 0 Å². The van der Waals surface area contributed by atoms with Crippen LogP contribution in [0.25, 0.3) is 11.3 Å². The Balaban J connectivity index is 0.00000225. The van der Waals surface area contributed by atoms with Crippen molar-refractivity contribution in [2.45, 2.75) is 25.6 Å². The standard InChI is InChI=1S/C20H20BrNO2.ClH/c1-14(20(23)16-5-3-2-4-6-16)22-13-18-11-12-19(24-18)15-7-9-17(21)10-8-15;/h2-12,14,20,22-23H,13H2,1H3;1H. The third kappa shape index (κ3) is 5.19. The zero-order valence-corrected chi connectivity index (χ0v) is 16.3. The molecule has 0 aliphatic heterocycles. The molecule has 0 aliphatic carbocycles. The maximum atomic E-state index is 10.4. The topological polar surface area (TPSA) is 45.4 Å². The van der Waals surface area contributed by atoms with Crippen LogP contribution in [0.2, 0.25) is 0 Å². The van der Waals surface area contributed by atoms with Gasteiger partial charge in [0.15, 0.2) is 0 Å². The minimum atomic E-state index is -0.549. The SMILES string of the molecule is CC(NCc1ccc(-c2ccc(Br)cc2)o1)C(O)c1ccccc1.Cl. The van der Waals surface area contributed by atoms with Crippen LogP contribution in [-0.2, 0) is 6.54 Å². The molecule has 1 heterocycles. The number of aliphatic hydroxyl groups is 1. The van der Waals surface area contributed by atoms with Crippen LogP contribution in [-0.4, -0.2) is 11.1 Å². The summed E-state index contributed by atoms with van der Waals surface area (Å²) in [7, 11) is 0. The molecule has 0 spiro atoms. The number of rotatable bonds is 6. The molecule has 0 fully saturated rings. The zero-order valence-electron chi connectivity index (χ0n) is 13.9. The number of hydrogen-bond donors (Lipinski definition) is 2. The summed E-state index contributed by atoms with van der Waals surface area (Å²) < 4.78 is 6.93. The summed E-state index contributed by atoms with van der Waals surface area (Å²) in [5.74, 6) is 1.69. The van der Waals surface area contributed by atoms with Gasteiger partial charge in [0, 0.05) is 16.1 Å². The van der Waals surface area contributed by atoms with Gasteiger partial charge in [-0.05, 0) is 36.8 Å². The summed E-state index contributed by atoms with van der Waals surface area (Å²) in [5, 5.41) is 13.7. The van der Waals surface area contributed by atoms with Crippen molar-refractivity contribution in [3.8, 4) is 11.3 Å². The largest absolute Gasteiger partial charge is 0.460 e. The van der Waals surface area contributed by atoms with Crippen molar-refractivity contribution < 1.29 is 9.52 Å². The third-order valence-corrected chi connectivity index (χ3v) is 4.53. The lowest BCUT2D eigenvalue weighted by molar-refractivity contribution is 0.134. The molecule has 0 amide bonds. The van der Waals surface area contributed by atoms with Gasteiger partial charge in [-0.1, -0.05) is 58.4 Å². The van der Waals surface area contributed by atoms with Crippen molar-refractivity contribution in [1.29, 1.82) is 0 Å². The van der Waals surface area contributed by atoms with Crippen molar-refractivity contribution >= 4 is 28.3 Å². The Labute approximate surface area is 162 Å². The smallest absolute Gasteiger partial charge is 0.134 e. The molecule has 3 nitrogen and oxygen atoms in total. The quantitative estimate of drug-likeness (QED) is 0.563. The molecule has 2 N–H and O–H groups in total. The molecule has 3 rings (SSSR count). The fourth-order valence-corrected chi connectivity index (χ4v) is 2.82. The van der Waals surface area contributed by atoms with E-state index >= 15 is 0 Å². The number of nitrogens with one attached hydrogen (secondary N) is 1. The van der Waals surface area contributed by atoms with Crippen LogP contribution in [0.15, 0.2) is 75.6 Å². The lowest BCUT2D eigenvalue weighted by Crippen LogP contribution is -2.31. The highest BCUT2D eigenvalue weighted by molar-refractivity contribution is 9.10. The minimum absolute atomic E-state index is 0. The molecule has 132 valence electrons. The van der Waals surface area contributed by atoms with E-state index in [1.54, 1.807) is 0 Å². The van der Waals surface area contributed by atoms with Crippen molar-refractivity contribution in [3.63, 3.8) is 0 Å². The first kappa shape index (κ1) is 19.7. The molecule has 25 heavy (non-hydrogen) atoms. The monoisotopic (exact) mass is 421 g/mol. The molecule has 0 saturated carbocycles. The molecule has 0 saturated heterocycles. The first-order chi connectivity index (χ1) is 11.6. The van der Waals surface area contributed by atoms with E-state index in [1.165, 1.54) is 0 Å². The molecule has 3 aromatic rings. The van der Waals surface area contributed by atoms with E-state index < -0.39 is 6.10 Å². The maximum absolute atomic E-state index is 10.4. The summed E-state index contributed by atoms with van der Waals surface area (Å²) in [6, 6.07) is 21.6. The van der Waals surface area contributed by atoms with Crippen molar-refractivity contribution in [1.82, 2.24) is 5.32 Å². The van der Waals surface area contributed by atoms with Crippen LogP contribution < -0.4 is 5.32 Å². The molecule has 2 aromatic carbocycles. The number of hydrogen-bond acceptors (Lipinski definition) is 3. The first-order valence-corrected chi connectivity index (χ1v) is 8.74. The van der Waals surface area contributed by atoms with E-state index in [0.717, 1.165) is 27.1 Å². The summed E-state index contributed by atoms with van der Waals surface area (Å²) in [6.45, 7) is 2.54. The number of benzene rings is 2. The Morgan fingerprint density at radius 1 is 1.00 bits per heavy atom. The van der Waals surface area contributed by atoms with E-state index in [4.69, 9.17) is 4.42 Å². The van der Waals surface area contributed by atoms with E-state index in [2.05, 4.69) is 21.2 Å². The summed E-state index contributed by atoms with van der Waals surface area (Å²) >= 11 is 3.43.